The SMILES string of the molecule is CC(O)N(CCOc1ccccn1)C(C)O. The van der Waals surface area contributed by atoms with Crippen molar-refractivity contribution in [1.82, 2.24) is 9.88 Å². The zero-order valence-corrected chi connectivity index (χ0v) is 9.58. The summed E-state index contributed by atoms with van der Waals surface area (Å²) in [5.41, 5.74) is 0. The summed E-state index contributed by atoms with van der Waals surface area (Å²) in [4.78, 5) is 5.52. The van der Waals surface area contributed by atoms with Crippen LogP contribution in [0, 0.1) is 0 Å². The molecule has 16 heavy (non-hydrogen) atoms. The van der Waals surface area contributed by atoms with Crippen molar-refractivity contribution in [1.29, 1.82) is 0 Å². The molecule has 1 aromatic heterocycles. The van der Waals surface area contributed by atoms with Crippen LogP contribution in [0.5, 0.6) is 5.88 Å². The van der Waals surface area contributed by atoms with Gasteiger partial charge in [0.15, 0.2) is 0 Å². The molecule has 0 fully saturated rings. The first-order valence-corrected chi connectivity index (χ1v) is 5.27. The number of aromatic nitrogens is 1. The molecule has 90 valence electrons. The first-order chi connectivity index (χ1) is 7.61. The lowest BCUT2D eigenvalue weighted by molar-refractivity contribution is -0.0882. The van der Waals surface area contributed by atoms with Crippen molar-refractivity contribution >= 4 is 0 Å². The first-order valence-electron chi connectivity index (χ1n) is 5.27. The van der Waals surface area contributed by atoms with E-state index in [-0.39, 0.29) is 0 Å². The van der Waals surface area contributed by atoms with Gasteiger partial charge in [-0.25, -0.2) is 9.88 Å². The molecule has 1 aromatic rings. The van der Waals surface area contributed by atoms with Gasteiger partial charge >= 0.3 is 0 Å². The average molecular weight is 226 g/mol. The molecule has 0 amide bonds. The fourth-order valence-corrected chi connectivity index (χ4v) is 1.37. The maximum Gasteiger partial charge on any atom is 0.213 e. The highest BCUT2D eigenvalue weighted by atomic mass is 16.5. The number of aliphatic hydroxyl groups is 2. The molecule has 2 unspecified atom stereocenters. The molecule has 1 rings (SSSR count). The van der Waals surface area contributed by atoms with E-state index in [1.807, 2.05) is 12.1 Å². The van der Waals surface area contributed by atoms with E-state index in [0.29, 0.717) is 19.0 Å². The molecule has 0 aromatic carbocycles. The molecular weight excluding hydrogens is 208 g/mol. The molecular formula is C11H18N2O3. The third-order valence-corrected chi connectivity index (χ3v) is 2.20. The lowest BCUT2D eigenvalue weighted by atomic mass is 10.4. The monoisotopic (exact) mass is 226 g/mol. The normalized spacial score (nSPS) is 14.8. The third kappa shape index (κ3) is 4.14. The van der Waals surface area contributed by atoms with Gasteiger partial charge in [-0.2, -0.15) is 0 Å². The van der Waals surface area contributed by atoms with Gasteiger partial charge in [-0.1, -0.05) is 6.07 Å². The third-order valence-electron chi connectivity index (χ3n) is 2.20. The summed E-state index contributed by atoms with van der Waals surface area (Å²) in [7, 11) is 0. The molecule has 0 spiro atoms. The van der Waals surface area contributed by atoms with Gasteiger partial charge in [0.25, 0.3) is 0 Å². The number of pyridine rings is 1. The van der Waals surface area contributed by atoms with Crippen molar-refractivity contribution in [2.24, 2.45) is 0 Å². The molecule has 0 aliphatic carbocycles. The van der Waals surface area contributed by atoms with E-state index < -0.39 is 12.5 Å². The second-order valence-corrected chi connectivity index (χ2v) is 3.52. The predicted octanol–water partition coefficient (Wildman–Crippen LogP) is 0.439. The lowest BCUT2D eigenvalue weighted by Gasteiger charge is -2.27. The Morgan fingerprint density at radius 1 is 1.31 bits per heavy atom. The van der Waals surface area contributed by atoms with Gasteiger partial charge in [0.2, 0.25) is 5.88 Å². The second-order valence-electron chi connectivity index (χ2n) is 3.52. The number of hydrogen-bond acceptors (Lipinski definition) is 5. The fraction of sp³-hybridized carbons (Fsp3) is 0.545. The summed E-state index contributed by atoms with van der Waals surface area (Å²) < 4.78 is 5.36. The van der Waals surface area contributed by atoms with Gasteiger partial charge in [0.05, 0.1) is 0 Å². The summed E-state index contributed by atoms with van der Waals surface area (Å²) in [5, 5.41) is 18.7. The number of ether oxygens (including phenoxy) is 1. The lowest BCUT2D eigenvalue weighted by Crippen LogP contribution is -2.42. The minimum absolute atomic E-state index is 0.368. The van der Waals surface area contributed by atoms with Gasteiger partial charge in [-0.3, -0.25) is 0 Å². The maximum atomic E-state index is 9.37. The minimum atomic E-state index is -0.702. The van der Waals surface area contributed by atoms with Crippen molar-refractivity contribution in [3.63, 3.8) is 0 Å². The predicted molar refractivity (Wildman–Crippen MR) is 59.8 cm³/mol. The second kappa shape index (κ2) is 6.42. The van der Waals surface area contributed by atoms with Crippen LogP contribution >= 0.6 is 0 Å². The van der Waals surface area contributed by atoms with Crippen molar-refractivity contribution < 1.29 is 14.9 Å². The quantitative estimate of drug-likeness (QED) is 0.689. The van der Waals surface area contributed by atoms with Crippen molar-refractivity contribution in [3.05, 3.63) is 24.4 Å². The molecule has 0 aliphatic rings. The zero-order chi connectivity index (χ0) is 12.0. The van der Waals surface area contributed by atoms with E-state index >= 15 is 0 Å². The van der Waals surface area contributed by atoms with Crippen LogP contribution in [0.3, 0.4) is 0 Å². The first kappa shape index (κ1) is 12.9. The van der Waals surface area contributed by atoms with Gasteiger partial charge < -0.3 is 14.9 Å². The number of hydrogen-bond donors (Lipinski definition) is 2. The molecule has 0 saturated heterocycles. The van der Waals surface area contributed by atoms with Crippen LogP contribution in [0.25, 0.3) is 0 Å². The van der Waals surface area contributed by atoms with Crippen LogP contribution in [-0.4, -0.2) is 45.7 Å². The van der Waals surface area contributed by atoms with Gasteiger partial charge in [0.1, 0.15) is 19.1 Å². The van der Waals surface area contributed by atoms with Crippen LogP contribution in [0.2, 0.25) is 0 Å². The Hall–Kier alpha value is -1.17. The van der Waals surface area contributed by atoms with E-state index in [1.54, 1.807) is 26.1 Å². The van der Waals surface area contributed by atoms with E-state index in [9.17, 15) is 10.2 Å². The van der Waals surface area contributed by atoms with E-state index in [4.69, 9.17) is 4.74 Å². The summed E-state index contributed by atoms with van der Waals surface area (Å²) in [6.07, 6.45) is 0.246. The minimum Gasteiger partial charge on any atom is -0.476 e. The summed E-state index contributed by atoms with van der Waals surface area (Å²) in [6.45, 7) is 4.01. The molecule has 5 nitrogen and oxygen atoms in total. The van der Waals surface area contributed by atoms with Crippen molar-refractivity contribution in [3.8, 4) is 5.88 Å². The van der Waals surface area contributed by atoms with Gasteiger partial charge in [-0.15, -0.1) is 0 Å². The molecule has 5 heteroatoms. The van der Waals surface area contributed by atoms with Crippen LogP contribution in [0.1, 0.15) is 13.8 Å². The van der Waals surface area contributed by atoms with Gasteiger partial charge in [-0.05, 0) is 19.9 Å². The summed E-state index contributed by atoms with van der Waals surface area (Å²) in [5.74, 6) is 0.540. The maximum absolute atomic E-state index is 9.37. The Kier molecular flexibility index (Phi) is 5.18. The van der Waals surface area contributed by atoms with E-state index in [0.717, 1.165) is 0 Å². The molecule has 2 atom stereocenters. The number of nitrogens with zero attached hydrogens (tertiary/aromatic N) is 2. The molecule has 0 saturated carbocycles. The van der Waals surface area contributed by atoms with Gasteiger partial charge in [0, 0.05) is 18.8 Å². The highest BCUT2D eigenvalue weighted by Gasteiger charge is 2.15. The van der Waals surface area contributed by atoms with Crippen LogP contribution < -0.4 is 4.74 Å². The molecule has 2 N–H and O–H groups in total. The van der Waals surface area contributed by atoms with E-state index in [1.165, 1.54) is 4.90 Å². The fourth-order valence-electron chi connectivity index (χ4n) is 1.37. The van der Waals surface area contributed by atoms with Crippen molar-refractivity contribution in [2.45, 2.75) is 26.3 Å². The molecule has 0 aliphatic heterocycles. The average Bonchev–Trinajstić information content (AvgIpc) is 2.24. The summed E-state index contributed by atoms with van der Waals surface area (Å²) >= 11 is 0. The van der Waals surface area contributed by atoms with Crippen molar-refractivity contribution in [2.75, 3.05) is 13.2 Å². The smallest absolute Gasteiger partial charge is 0.213 e. The van der Waals surface area contributed by atoms with Crippen LogP contribution in [0.15, 0.2) is 24.4 Å². The highest BCUT2D eigenvalue weighted by molar-refractivity contribution is 5.08. The standard InChI is InChI=1S/C11H18N2O3/c1-9(14)13(10(2)15)7-8-16-11-5-3-4-6-12-11/h3-6,9-10,14-15H,7-8H2,1-2H3. The Morgan fingerprint density at radius 3 is 2.50 bits per heavy atom. The molecule has 0 radical (unpaired) electrons. The number of rotatable bonds is 6. The Balaban J connectivity index is 2.34. The molecule has 0 bridgehead atoms. The topological polar surface area (TPSA) is 65.8 Å². The van der Waals surface area contributed by atoms with Crippen LogP contribution in [-0.2, 0) is 0 Å². The zero-order valence-electron chi connectivity index (χ0n) is 9.58. The number of aliphatic hydroxyl groups excluding tert-OH is 2. The molecule has 1 heterocycles. The largest absolute Gasteiger partial charge is 0.476 e. The summed E-state index contributed by atoms with van der Waals surface area (Å²) in [6, 6.07) is 5.41. The Bertz CT molecular complexity index is 283. The van der Waals surface area contributed by atoms with E-state index in [2.05, 4.69) is 4.98 Å². The Morgan fingerprint density at radius 2 is 2.00 bits per heavy atom. The highest BCUT2D eigenvalue weighted by Crippen LogP contribution is 2.05. The van der Waals surface area contributed by atoms with Crippen LogP contribution in [0.4, 0.5) is 0 Å². The Labute approximate surface area is 95.3 Å².